The van der Waals surface area contributed by atoms with E-state index in [0.717, 1.165) is 9.88 Å². The average molecular weight is 243 g/mol. The highest BCUT2D eigenvalue weighted by Crippen LogP contribution is 2.10. The lowest BCUT2D eigenvalue weighted by molar-refractivity contribution is -0.136. The number of urea groups is 1. The van der Waals surface area contributed by atoms with Gasteiger partial charge >= 0.3 is 12.0 Å². The molecule has 0 bridgehead atoms. The molecule has 0 aromatic carbocycles. The van der Waals surface area contributed by atoms with Crippen molar-refractivity contribution in [3.63, 3.8) is 0 Å². The highest BCUT2D eigenvalue weighted by atomic mass is 32.1. The van der Waals surface area contributed by atoms with Gasteiger partial charge in [-0.05, 0) is 6.92 Å². The van der Waals surface area contributed by atoms with Crippen LogP contribution in [0.15, 0.2) is 6.20 Å². The van der Waals surface area contributed by atoms with Gasteiger partial charge in [0.15, 0.2) is 0 Å². The Morgan fingerprint density at radius 3 is 2.81 bits per heavy atom. The molecule has 0 fully saturated rings. The van der Waals surface area contributed by atoms with E-state index < -0.39 is 5.97 Å². The van der Waals surface area contributed by atoms with Crippen LogP contribution in [0.1, 0.15) is 16.3 Å². The van der Waals surface area contributed by atoms with Gasteiger partial charge in [-0.15, -0.1) is 11.3 Å². The number of nitrogens with one attached hydrogen (secondary N) is 2. The van der Waals surface area contributed by atoms with E-state index in [1.807, 2.05) is 6.92 Å². The normalized spacial score (nSPS) is 9.81. The minimum atomic E-state index is -0.934. The molecular formula is C9H13N3O3S. The summed E-state index contributed by atoms with van der Waals surface area (Å²) in [5, 5.41) is 14.2. The maximum atomic E-state index is 11.2. The molecule has 0 spiro atoms. The maximum absolute atomic E-state index is 11.2. The minimum absolute atomic E-state index is 0.0796. The van der Waals surface area contributed by atoms with E-state index in [1.54, 1.807) is 6.20 Å². The van der Waals surface area contributed by atoms with E-state index in [9.17, 15) is 9.59 Å². The van der Waals surface area contributed by atoms with E-state index in [2.05, 4.69) is 15.6 Å². The monoisotopic (exact) mass is 243 g/mol. The highest BCUT2D eigenvalue weighted by molar-refractivity contribution is 7.11. The van der Waals surface area contributed by atoms with Crippen molar-refractivity contribution in [2.24, 2.45) is 0 Å². The first-order valence-corrected chi connectivity index (χ1v) is 5.54. The Bertz CT molecular complexity index is 378. The summed E-state index contributed by atoms with van der Waals surface area (Å²) in [5.74, 6) is -0.934. The number of aryl methyl sites for hydroxylation is 1. The van der Waals surface area contributed by atoms with Crippen molar-refractivity contribution in [1.82, 2.24) is 15.6 Å². The van der Waals surface area contributed by atoms with Gasteiger partial charge in [-0.2, -0.15) is 0 Å². The van der Waals surface area contributed by atoms with Gasteiger partial charge in [0.2, 0.25) is 0 Å². The fraction of sp³-hybridized carbons (Fsp3) is 0.444. The van der Waals surface area contributed by atoms with Crippen LogP contribution in [0.2, 0.25) is 0 Å². The zero-order valence-electron chi connectivity index (χ0n) is 8.82. The lowest BCUT2D eigenvalue weighted by Crippen LogP contribution is -2.36. The number of hydrogen-bond donors (Lipinski definition) is 3. The maximum Gasteiger partial charge on any atom is 0.315 e. The molecule has 2 amide bonds. The Labute approximate surface area is 96.7 Å². The van der Waals surface area contributed by atoms with Gasteiger partial charge in [0, 0.05) is 17.6 Å². The van der Waals surface area contributed by atoms with Gasteiger partial charge in [-0.3, -0.25) is 4.79 Å². The summed E-state index contributed by atoms with van der Waals surface area (Å²) < 4.78 is 0. The molecule has 0 saturated heterocycles. The van der Waals surface area contributed by atoms with Gasteiger partial charge < -0.3 is 15.7 Å². The molecule has 0 aliphatic heterocycles. The van der Waals surface area contributed by atoms with Gasteiger partial charge in [-0.25, -0.2) is 9.78 Å². The molecule has 6 nitrogen and oxygen atoms in total. The van der Waals surface area contributed by atoms with Crippen molar-refractivity contribution >= 4 is 23.3 Å². The van der Waals surface area contributed by atoms with Crippen LogP contribution < -0.4 is 10.6 Å². The largest absolute Gasteiger partial charge is 0.481 e. The Morgan fingerprint density at radius 1 is 1.50 bits per heavy atom. The summed E-state index contributed by atoms with van der Waals surface area (Å²) in [4.78, 5) is 26.5. The fourth-order valence-electron chi connectivity index (χ4n) is 0.985. The minimum Gasteiger partial charge on any atom is -0.481 e. The topological polar surface area (TPSA) is 91.3 Å². The number of carboxylic acids is 1. The number of carbonyl (C=O) groups excluding carboxylic acids is 1. The predicted octanol–water partition coefficient (Wildman–Crippen LogP) is 0.725. The van der Waals surface area contributed by atoms with Crippen LogP contribution in [0.25, 0.3) is 0 Å². The van der Waals surface area contributed by atoms with Crippen molar-refractivity contribution in [1.29, 1.82) is 0 Å². The Balaban J connectivity index is 2.17. The summed E-state index contributed by atoms with van der Waals surface area (Å²) in [6.07, 6.45) is 1.66. The zero-order chi connectivity index (χ0) is 12.0. The van der Waals surface area contributed by atoms with Crippen molar-refractivity contribution in [2.75, 3.05) is 6.54 Å². The Morgan fingerprint density at radius 2 is 2.25 bits per heavy atom. The molecule has 1 rings (SSSR count). The standard InChI is InChI=1S/C9H13N3O3S/c1-6-4-11-7(16-6)5-12-9(15)10-3-2-8(13)14/h4H,2-3,5H2,1H3,(H,13,14)(H2,10,12,15). The second-order valence-corrected chi connectivity index (χ2v) is 4.44. The van der Waals surface area contributed by atoms with Crippen LogP contribution in [0, 0.1) is 6.92 Å². The molecule has 0 saturated carbocycles. The third kappa shape index (κ3) is 4.74. The number of carbonyl (C=O) groups is 2. The second-order valence-electron chi connectivity index (χ2n) is 3.12. The van der Waals surface area contributed by atoms with Crippen molar-refractivity contribution in [3.8, 4) is 0 Å². The molecule has 0 aliphatic carbocycles. The molecule has 1 heterocycles. The third-order valence-corrected chi connectivity index (χ3v) is 2.61. The van der Waals surface area contributed by atoms with Crippen LogP contribution in [-0.4, -0.2) is 28.6 Å². The van der Waals surface area contributed by atoms with E-state index in [1.165, 1.54) is 11.3 Å². The molecule has 3 N–H and O–H groups in total. The lowest BCUT2D eigenvalue weighted by Gasteiger charge is -2.04. The molecule has 7 heteroatoms. The molecule has 0 aliphatic rings. The smallest absolute Gasteiger partial charge is 0.315 e. The van der Waals surface area contributed by atoms with Crippen LogP contribution in [0.4, 0.5) is 4.79 Å². The number of aliphatic carboxylic acids is 1. The van der Waals surface area contributed by atoms with Crippen LogP contribution >= 0.6 is 11.3 Å². The van der Waals surface area contributed by atoms with Gasteiger partial charge in [-0.1, -0.05) is 0 Å². The zero-order valence-corrected chi connectivity index (χ0v) is 9.63. The van der Waals surface area contributed by atoms with Gasteiger partial charge in [0.05, 0.1) is 13.0 Å². The Hall–Kier alpha value is -1.63. The molecule has 1 aromatic rings. The number of rotatable bonds is 5. The van der Waals surface area contributed by atoms with E-state index in [-0.39, 0.29) is 19.0 Å². The summed E-state index contributed by atoms with van der Waals surface area (Å²) in [6, 6.07) is -0.380. The first kappa shape index (κ1) is 12.4. The van der Waals surface area contributed by atoms with Gasteiger partial charge in [0.1, 0.15) is 5.01 Å². The summed E-state index contributed by atoms with van der Waals surface area (Å²) >= 11 is 1.51. The first-order valence-electron chi connectivity index (χ1n) is 4.72. The number of amides is 2. The summed E-state index contributed by atoms with van der Waals surface area (Å²) in [7, 11) is 0. The van der Waals surface area contributed by atoms with E-state index in [4.69, 9.17) is 5.11 Å². The SMILES string of the molecule is Cc1cnc(CNC(=O)NCCC(=O)O)s1. The van der Waals surface area contributed by atoms with Crippen LogP contribution in [-0.2, 0) is 11.3 Å². The molecule has 16 heavy (non-hydrogen) atoms. The molecule has 88 valence electrons. The summed E-state index contributed by atoms with van der Waals surface area (Å²) in [6.45, 7) is 2.42. The summed E-state index contributed by atoms with van der Waals surface area (Å²) in [5.41, 5.74) is 0. The lowest BCUT2D eigenvalue weighted by atomic mass is 10.4. The second kappa shape index (κ2) is 6.06. The van der Waals surface area contributed by atoms with Crippen LogP contribution in [0.5, 0.6) is 0 Å². The molecular weight excluding hydrogens is 230 g/mol. The third-order valence-electron chi connectivity index (χ3n) is 1.69. The molecule has 0 unspecified atom stereocenters. The fourth-order valence-corrected chi connectivity index (χ4v) is 1.71. The first-order chi connectivity index (χ1) is 7.58. The molecule has 0 radical (unpaired) electrons. The van der Waals surface area contributed by atoms with E-state index >= 15 is 0 Å². The Kier molecular flexibility index (Phi) is 4.71. The van der Waals surface area contributed by atoms with Crippen molar-refractivity contribution in [3.05, 3.63) is 16.1 Å². The number of hydrogen-bond acceptors (Lipinski definition) is 4. The van der Waals surface area contributed by atoms with E-state index in [0.29, 0.717) is 6.54 Å². The highest BCUT2D eigenvalue weighted by Gasteiger charge is 2.03. The number of aromatic nitrogens is 1. The number of carboxylic acid groups (broad SMARTS) is 1. The number of nitrogens with zero attached hydrogens (tertiary/aromatic N) is 1. The number of thiazole rings is 1. The molecule has 0 atom stereocenters. The van der Waals surface area contributed by atoms with Crippen molar-refractivity contribution < 1.29 is 14.7 Å². The van der Waals surface area contributed by atoms with Crippen molar-refractivity contribution in [2.45, 2.75) is 19.9 Å². The van der Waals surface area contributed by atoms with Crippen LogP contribution in [0.3, 0.4) is 0 Å². The van der Waals surface area contributed by atoms with Gasteiger partial charge in [0.25, 0.3) is 0 Å². The molecule has 1 aromatic heterocycles. The quantitative estimate of drug-likeness (QED) is 0.710. The average Bonchev–Trinajstić information content (AvgIpc) is 2.61. The predicted molar refractivity (Wildman–Crippen MR) is 59.3 cm³/mol.